The lowest BCUT2D eigenvalue weighted by Gasteiger charge is -2.13. The van der Waals surface area contributed by atoms with Crippen LogP contribution in [0.3, 0.4) is 0 Å². The van der Waals surface area contributed by atoms with E-state index in [2.05, 4.69) is 15.8 Å². The summed E-state index contributed by atoms with van der Waals surface area (Å²) in [5.41, 5.74) is 3.63. The molecule has 0 aliphatic carbocycles. The summed E-state index contributed by atoms with van der Waals surface area (Å²) in [4.78, 5) is 12.0. The maximum atomic E-state index is 12.0. The first-order valence-electron chi connectivity index (χ1n) is 7.21. The summed E-state index contributed by atoms with van der Waals surface area (Å²) in [5.74, 6) is 0.308. The number of halogens is 1. The molecule has 0 aliphatic rings. The standard InChI is InChI=1S/C17H18ClN3O3/c1-11(20-14-5-3-13(18)4-6-14)17(23)21-19-10-12-9-15(24-2)7-8-16(12)22/h3-11,20,22H,1-2H3,(H,21,23). The Morgan fingerprint density at radius 3 is 2.67 bits per heavy atom. The van der Waals surface area contributed by atoms with Crippen LogP contribution in [-0.2, 0) is 4.79 Å². The molecule has 126 valence electrons. The maximum absolute atomic E-state index is 12.0. The first kappa shape index (κ1) is 17.6. The van der Waals surface area contributed by atoms with Crippen LogP contribution in [0.4, 0.5) is 5.69 Å². The average molecular weight is 348 g/mol. The van der Waals surface area contributed by atoms with Crippen molar-refractivity contribution in [2.45, 2.75) is 13.0 Å². The van der Waals surface area contributed by atoms with Gasteiger partial charge >= 0.3 is 0 Å². The van der Waals surface area contributed by atoms with Gasteiger partial charge in [0.15, 0.2) is 0 Å². The number of benzene rings is 2. The van der Waals surface area contributed by atoms with Gasteiger partial charge in [0.25, 0.3) is 5.91 Å². The zero-order valence-corrected chi connectivity index (χ0v) is 14.0. The third kappa shape index (κ3) is 4.89. The van der Waals surface area contributed by atoms with Crippen LogP contribution < -0.4 is 15.5 Å². The number of ether oxygens (including phenoxy) is 1. The number of aromatic hydroxyl groups is 1. The number of hydrazone groups is 1. The van der Waals surface area contributed by atoms with E-state index >= 15 is 0 Å². The van der Waals surface area contributed by atoms with Crippen molar-refractivity contribution < 1.29 is 14.6 Å². The first-order chi connectivity index (χ1) is 11.5. The highest BCUT2D eigenvalue weighted by Crippen LogP contribution is 2.21. The van der Waals surface area contributed by atoms with E-state index < -0.39 is 6.04 Å². The molecule has 0 spiro atoms. The van der Waals surface area contributed by atoms with Crippen molar-refractivity contribution in [1.82, 2.24) is 5.43 Å². The van der Waals surface area contributed by atoms with Crippen LogP contribution in [-0.4, -0.2) is 30.4 Å². The van der Waals surface area contributed by atoms with Gasteiger partial charge in [-0.2, -0.15) is 5.10 Å². The van der Waals surface area contributed by atoms with E-state index in [4.69, 9.17) is 16.3 Å². The van der Waals surface area contributed by atoms with Crippen LogP contribution in [0, 0.1) is 0 Å². The molecule has 0 fully saturated rings. The molecule has 0 saturated carbocycles. The van der Waals surface area contributed by atoms with Gasteiger partial charge in [0.05, 0.1) is 13.3 Å². The number of nitrogens with zero attached hydrogens (tertiary/aromatic N) is 1. The van der Waals surface area contributed by atoms with Gasteiger partial charge in [-0.1, -0.05) is 11.6 Å². The van der Waals surface area contributed by atoms with Crippen LogP contribution in [0.1, 0.15) is 12.5 Å². The second-order valence-corrected chi connectivity index (χ2v) is 5.47. The Labute approximate surface area is 145 Å². The summed E-state index contributed by atoms with van der Waals surface area (Å²) in [6.07, 6.45) is 1.35. The van der Waals surface area contributed by atoms with E-state index in [1.807, 2.05) is 0 Å². The molecular weight excluding hydrogens is 330 g/mol. The minimum atomic E-state index is -0.498. The Morgan fingerprint density at radius 2 is 2.00 bits per heavy atom. The van der Waals surface area contributed by atoms with Gasteiger partial charge < -0.3 is 15.2 Å². The van der Waals surface area contributed by atoms with Crippen LogP contribution in [0.5, 0.6) is 11.5 Å². The summed E-state index contributed by atoms with van der Waals surface area (Å²) in [5, 5.41) is 17.3. The molecule has 2 aromatic carbocycles. The van der Waals surface area contributed by atoms with Gasteiger partial charge in [0.2, 0.25) is 0 Å². The molecule has 0 saturated heterocycles. The fourth-order valence-corrected chi connectivity index (χ4v) is 2.01. The highest BCUT2D eigenvalue weighted by molar-refractivity contribution is 6.30. The maximum Gasteiger partial charge on any atom is 0.262 e. The van der Waals surface area contributed by atoms with Crippen molar-refractivity contribution >= 4 is 29.4 Å². The van der Waals surface area contributed by atoms with Gasteiger partial charge in [-0.3, -0.25) is 4.79 Å². The van der Waals surface area contributed by atoms with Crippen LogP contribution in [0.2, 0.25) is 5.02 Å². The molecule has 0 heterocycles. The predicted octanol–water partition coefficient (Wildman–Crippen LogP) is 3.00. The molecule has 2 rings (SSSR count). The third-order valence-corrected chi connectivity index (χ3v) is 3.49. The molecule has 1 amide bonds. The number of rotatable bonds is 6. The van der Waals surface area contributed by atoms with E-state index in [1.54, 1.807) is 43.3 Å². The normalized spacial score (nSPS) is 12.0. The smallest absolute Gasteiger partial charge is 0.262 e. The Morgan fingerprint density at radius 1 is 1.29 bits per heavy atom. The van der Waals surface area contributed by atoms with E-state index in [9.17, 15) is 9.90 Å². The zero-order valence-electron chi connectivity index (χ0n) is 13.3. The first-order valence-corrected chi connectivity index (χ1v) is 7.59. The second kappa shape index (κ2) is 8.21. The van der Waals surface area contributed by atoms with Gasteiger partial charge in [-0.25, -0.2) is 5.43 Å². The number of nitrogens with one attached hydrogen (secondary N) is 2. The van der Waals surface area contributed by atoms with E-state index in [0.717, 1.165) is 5.69 Å². The molecule has 24 heavy (non-hydrogen) atoms. The zero-order chi connectivity index (χ0) is 17.5. The Balaban J connectivity index is 1.93. The van der Waals surface area contributed by atoms with Gasteiger partial charge in [-0.15, -0.1) is 0 Å². The number of hydrogen-bond donors (Lipinski definition) is 3. The number of amides is 1. The average Bonchev–Trinajstić information content (AvgIpc) is 2.58. The van der Waals surface area contributed by atoms with Crippen molar-refractivity contribution in [2.24, 2.45) is 5.10 Å². The van der Waals surface area contributed by atoms with Gasteiger partial charge in [0, 0.05) is 16.3 Å². The molecule has 0 aromatic heterocycles. The molecular formula is C17H18ClN3O3. The summed E-state index contributed by atoms with van der Waals surface area (Å²) in [6, 6.07) is 11.3. The van der Waals surface area contributed by atoms with E-state index in [-0.39, 0.29) is 11.7 Å². The molecule has 2 aromatic rings. The van der Waals surface area contributed by atoms with E-state index in [0.29, 0.717) is 16.3 Å². The number of hydrogen-bond acceptors (Lipinski definition) is 5. The second-order valence-electron chi connectivity index (χ2n) is 5.03. The van der Waals surface area contributed by atoms with Crippen LogP contribution in [0.25, 0.3) is 0 Å². The number of anilines is 1. The molecule has 3 N–H and O–H groups in total. The summed E-state index contributed by atoms with van der Waals surface area (Å²) in [6.45, 7) is 1.71. The topological polar surface area (TPSA) is 83.0 Å². The largest absolute Gasteiger partial charge is 0.507 e. The Hall–Kier alpha value is -2.73. The summed E-state index contributed by atoms with van der Waals surface area (Å²) >= 11 is 5.82. The van der Waals surface area contributed by atoms with Crippen LogP contribution in [0.15, 0.2) is 47.6 Å². The molecule has 1 atom stereocenters. The number of carbonyl (C=O) groups is 1. The molecule has 0 radical (unpaired) electrons. The van der Waals surface area contributed by atoms with Crippen molar-refractivity contribution in [3.05, 3.63) is 53.1 Å². The minimum Gasteiger partial charge on any atom is -0.507 e. The van der Waals surface area contributed by atoms with Crippen molar-refractivity contribution in [2.75, 3.05) is 12.4 Å². The number of carbonyl (C=O) groups excluding carboxylic acids is 1. The molecule has 0 bridgehead atoms. The SMILES string of the molecule is COc1ccc(O)c(C=NNC(=O)C(C)Nc2ccc(Cl)cc2)c1. The van der Waals surface area contributed by atoms with Gasteiger partial charge in [-0.05, 0) is 49.4 Å². The molecule has 1 unspecified atom stereocenters. The number of phenolic OH excluding ortho intramolecular Hbond substituents is 1. The molecule has 6 nitrogen and oxygen atoms in total. The van der Waals surface area contributed by atoms with Crippen molar-refractivity contribution in [3.63, 3.8) is 0 Å². The lowest BCUT2D eigenvalue weighted by atomic mass is 10.2. The fourth-order valence-electron chi connectivity index (χ4n) is 1.89. The Kier molecular flexibility index (Phi) is 6.03. The Bertz CT molecular complexity index is 732. The van der Waals surface area contributed by atoms with Gasteiger partial charge in [0.1, 0.15) is 17.5 Å². The lowest BCUT2D eigenvalue weighted by Crippen LogP contribution is -2.34. The number of methoxy groups -OCH3 is 1. The fraction of sp³-hybridized carbons (Fsp3) is 0.176. The van der Waals surface area contributed by atoms with Crippen LogP contribution >= 0.6 is 11.6 Å². The summed E-state index contributed by atoms with van der Waals surface area (Å²) in [7, 11) is 1.53. The highest BCUT2D eigenvalue weighted by Gasteiger charge is 2.11. The third-order valence-electron chi connectivity index (χ3n) is 3.23. The highest BCUT2D eigenvalue weighted by atomic mass is 35.5. The molecule has 7 heteroatoms. The van der Waals surface area contributed by atoms with E-state index in [1.165, 1.54) is 19.4 Å². The number of phenols is 1. The predicted molar refractivity (Wildman–Crippen MR) is 94.9 cm³/mol. The van der Waals surface area contributed by atoms with Crippen molar-refractivity contribution in [1.29, 1.82) is 0 Å². The van der Waals surface area contributed by atoms with Crippen molar-refractivity contribution in [3.8, 4) is 11.5 Å². The minimum absolute atomic E-state index is 0.0427. The molecule has 0 aliphatic heterocycles. The monoisotopic (exact) mass is 347 g/mol. The summed E-state index contributed by atoms with van der Waals surface area (Å²) < 4.78 is 5.07. The quantitative estimate of drug-likeness (QED) is 0.554. The lowest BCUT2D eigenvalue weighted by molar-refractivity contribution is -0.121.